The van der Waals surface area contributed by atoms with Crippen molar-refractivity contribution >= 4 is 11.9 Å². The standard InChI is InChI=1S/C10H18O6.C4H10O2.4C3H8O.Ti/c1-5(2)15-9(13)7(11)8(12)10(14)16-6(3)4;1-4(2,3)6-5;4*1-3(2)4;/h5-8,11-12H,1-4H3;5H,1-3H3;4*3-4H,1-2H3;/t7-,8+;;;;;;. The molecule has 39 heavy (non-hydrogen) atoms. The predicted molar refractivity (Wildman–Crippen MR) is 147 cm³/mol. The van der Waals surface area contributed by atoms with E-state index in [1.807, 2.05) is 0 Å². The van der Waals surface area contributed by atoms with Crippen LogP contribution in [0.4, 0.5) is 0 Å². The van der Waals surface area contributed by atoms with Gasteiger partial charge in [-0.25, -0.2) is 14.5 Å². The van der Waals surface area contributed by atoms with Gasteiger partial charge in [-0.2, -0.15) is 0 Å². The first-order valence-corrected chi connectivity index (χ1v) is 12.6. The van der Waals surface area contributed by atoms with Crippen molar-refractivity contribution in [1.29, 1.82) is 0 Å². The van der Waals surface area contributed by atoms with Gasteiger partial charge in [-0.3, -0.25) is 5.26 Å². The number of hydrogen-bond donors (Lipinski definition) is 7. The molecule has 0 rings (SSSR count). The van der Waals surface area contributed by atoms with Crippen molar-refractivity contribution in [1.82, 2.24) is 0 Å². The number of hydrogen-bond acceptors (Lipinski definition) is 12. The van der Waals surface area contributed by atoms with Gasteiger partial charge in [0.2, 0.25) is 0 Å². The molecular formula is C26H60O12Ti. The molecule has 0 radical (unpaired) electrons. The first-order valence-electron chi connectivity index (χ1n) is 12.6. The van der Waals surface area contributed by atoms with Gasteiger partial charge in [0, 0.05) is 46.1 Å². The molecule has 240 valence electrons. The average molecular weight is 613 g/mol. The molecular weight excluding hydrogens is 552 g/mol. The number of rotatable bonds is 5. The van der Waals surface area contributed by atoms with Crippen LogP contribution in [0.5, 0.6) is 0 Å². The van der Waals surface area contributed by atoms with Crippen molar-refractivity contribution < 1.29 is 81.6 Å². The van der Waals surface area contributed by atoms with Gasteiger partial charge >= 0.3 is 11.9 Å². The van der Waals surface area contributed by atoms with Gasteiger partial charge in [0.15, 0.2) is 12.2 Å². The molecule has 0 saturated heterocycles. The molecule has 0 aromatic rings. The first kappa shape index (κ1) is 54.4. The summed E-state index contributed by atoms with van der Waals surface area (Å²) >= 11 is 0. The molecule has 0 aliphatic carbocycles. The van der Waals surface area contributed by atoms with E-state index in [9.17, 15) is 19.8 Å². The van der Waals surface area contributed by atoms with Crippen molar-refractivity contribution in [3.63, 3.8) is 0 Å². The first-order chi connectivity index (χ1) is 16.7. The van der Waals surface area contributed by atoms with Crippen LogP contribution >= 0.6 is 0 Å². The summed E-state index contributed by atoms with van der Waals surface area (Å²) in [6.45, 7) is 25.4. The molecule has 0 spiro atoms. The molecule has 0 amide bonds. The number of carbonyl (C=O) groups is 2. The number of esters is 2. The molecule has 0 unspecified atom stereocenters. The molecule has 12 nitrogen and oxygen atoms in total. The number of aliphatic hydroxyl groups excluding tert-OH is 6. The normalized spacial score (nSPS) is 11.6. The van der Waals surface area contributed by atoms with Gasteiger partial charge in [-0.15, -0.1) is 0 Å². The number of aliphatic hydroxyl groups is 6. The van der Waals surface area contributed by atoms with Crippen LogP contribution in [0.15, 0.2) is 0 Å². The van der Waals surface area contributed by atoms with E-state index in [4.69, 9.17) is 25.7 Å². The van der Waals surface area contributed by atoms with Crippen LogP contribution < -0.4 is 0 Å². The summed E-state index contributed by atoms with van der Waals surface area (Å²) in [7, 11) is 0. The second kappa shape index (κ2) is 33.5. The van der Waals surface area contributed by atoms with E-state index in [0.717, 1.165) is 0 Å². The summed E-state index contributed by atoms with van der Waals surface area (Å²) in [5.74, 6) is -2.11. The molecule has 0 fully saturated rings. The maximum atomic E-state index is 11.1. The Kier molecular flexibility index (Phi) is 46.8. The van der Waals surface area contributed by atoms with Crippen LogP contribution in [0.2, 0.25) is 0 Å². The molecule has 0 heterocycles. The minimum Gasteiger partial charge on any atom is -0.461 e. The topological polar surface area (TPSA) is 203 Å². The van der Waals surface area contributed by atoms with Crippen LogP contribution in [0.25, 0.3) is 0 Å². The van der Waals surface area contributed by atoms with Crippen molar-refractivity contribution in [2.24, 2.45) is 0 Å². The summed E-state index contributed by atoms with van der Waals surface area (Å²) in [5, 5.41) is 58.7. The monoisotopic (exact) mass is 612 g/mol. The minimum atomic E-state index is -1.92. The van der Waals surface area contributed by atoms with E-state index in [1.165, 1.54) is 0 Å². The zero-order valence-corrected chi connectivity index (χ0v) is 28.4. The third-order valence-corrected chi connectivity index (χ3v) is 1.76. The quantitative estimate of drug-likeness (QED) is 0.104. The molecule has 13 heteroatoms. The summed E-state index contributed by atoms with van der Waals surface area (Å²) in [4.78, 5) is 26.2. The Morgan fingerprint density at radius 1 is 0.513 bits per heavy atom. The van der Waals surface area contributed by atoms with E-state index in [1.54, 1.807) is 104 Å². The smallest absolute Gasteiger partial charge is 0.338 e. The van der Waals surface area contributed by atoms with Gasteiger partial charge in [-0.05, 0) is 104 Å². The second-order valence-corrected chi connectivity index (χ2v) is 10.4. The van der Waals surface area contributed by atoms with E-state index >= 15 is 0 Å². The Morgan fingerprint density at radius 3 is 0.718 bits per heavy atom. The SMILES string of the molecule is CC(C)(C)OO.CC(C)O.CC(C)O.CC(C)O.CC(C)O.CC(C)OC(=O)[C@@H](O)[C@@H](O)C(=O)OC(C)C.[Ti]. The van der Waals surface area contributed by atoms with Crippen molar-refractivity contribution in [3.8, 4) is 0 Å². The maximum absolute atomic E-state index is 11.1. The molecule has 0 aromatic carbocycles. The van der Waals surface area contributed by atoms with Gasteiger partial charge < -0.3 is 40.1 Å². The molecule has 0 saturated carbocycles. The minimum absolute atomic E-state index is 0. The third kappa shape index (κ3) is 93.4. The van der Waals surface area contributed by atoms with E-state index in [0.29, 0.717) is 0 Å². The van der Waals surface area contributed by atoms with Gasteiger partial charge in [0.05, 0.1) is 17.8 Å². The fourth-order valence-corrected chi connectivity index (χ4v) is 0.862. The van der Waals surface area contributed by atoms with Crippen LogP contribution in [-0.4, -0.2) is 102 Å². The van der Waals surface area contributed by atoms with Crippen LogP contribution in [0.3, 0.4) is 0 Å². The van der Waals surface area contributed by atoms with E-state index in [-0.39, 0.29) is 46.1 Å². The molecule has 0 aliphatic heterocycles. The summed E-state index contributed by atoms with van der Waals surface area (Å²) in [6, 6.07) is 0. The van der Waals surface area contributed by atoms with E-state index < -0.39 is 42.0 Å². The van der Waals surface area contributed by atoms with Gasteiger partial charge in [0.1, 0.15) is 0 Å². The van der Waals surface area contributed by atoms with Crippen molar-refractivity contribution in [3.05, 3.63) is 0 Å². The molecule has 2 atom stereocenters. The van der Waals surface area contributed by atoms with Gasteiger partial charge in [-0.1, -0.05) is 0 Å². The van der Waals surface area contributed by atoms with Crippen molar-refractivity contribution in [2.75, 3.05) is 0 Å². The fourth-order valence-electron chi connectivity index (χ4n) is 0.862. The molecule has 0 aliphatic rings. The Balaban J connectivity index is -0.0000000734. The third-order valence-electron chi connectivity index (χ3n) is 1.76. The number of carbonyl (C=O) groups excluding carboxylic acids is 2. The Labute approximate surface area is 251 Å². The van der Waals surface area contributed by atoms with Crippen LogP contribution in [-0.2, 0) is 45.7 Å². The molecule has 7 N–H and O–H groups in total. The Hall–Kier alpha value is -0.666. The molecule has 0 bridgehead atoms. The van der Waals surface area contributed by atoms with Crippen molar-refractivity contribution in [2.45, 2.75) is 158 Å². The molecule has 0 aromatic heterocycles. The largest absolute Gasteiger partial charge is 0.461 e. The Morgan fingerprint density at radius 2 is 0.641 bits per heavy atom. The second-order valence-electron chi connectivity index (χ2n) is 10.4. The maximum Gasteiger partial charge on any atom is 0.338 e. The zero-order valence-electron chi connectivity index (χ0n) is 26.8. The fraction of sp³-hybridized carbons (Fsp3) is 0.923. The van der Waals surface area contributed by atoms with Gasteiger partial charge in [0.25, 0.3) is 0 Å². The van der Waals surface area contributed by atoms with Crippen LogP contribution in [0, 0.1) is 0 Å². The summed E-state index contributed by atoms with van der Waals surface area (Å²) in [5.41, 5.74) is -0.403. The average Bonchev–Trinajstić information content (AvgIpc) is 2.63. The number of ether oxygens (including phenoxy) is 2. The summed E-state index contributed by atoms with van der Waals surface area (Å²) < 4.78 is 9.26. The van der Waals surface area contributed by atoms with Crippen LogP contribution in [0.1, 0.15) is 104 Å². The predicted octanol–water partition coefficient (Wildman–Crippen LogP) is 2.43. The Bertz CT molecular complexity index is 445. The zero-order chi connectivity index (χ0) is 32.4. The van der Waals surface area contributed by atoms with E-state index in [2.05, 4.69) is 14.4 Å². The summed E-state index contributed by atoms with van der Waals surface area (Å²) in [6.07, 6.45) is -5.38.